The third-order valence-electron chi connectivity index (χ3n) is 3.71. The molecule has 0 bridgehead atoms. The van der Waals surface area contributed by atoms with Crippen molar-refractivity contribution < 1.29 is 19.4 Å². The Kier molecular flexibility index (Phi) is 8.92. The third-order valence-corrected chi connectivity index (χ3v) is 3.71. The zero-order valence-corrected chi connectivity index (χ0v) is 15.6. The third kappa shape index (κ3) is 7.98. The maximum Gasteiger partial charge on any atom is 0.307 e. The van der Waals surface area contributed by atoms with Gasteiger partial charge in [0.2, 0.25) is 5.91 Å². The number of amides is 1. The largest absolute Gasteiger partial charge is 0.466 e. The van der Waals surface area contributed by atoms with E-state index < -0.39 is 6.10 Å². The molecule has 1 amide bonds. The lowest BCUT2D eigenvalue weighted by molar-refractivity contribution is -0.144. The summed E-state index contributed by atoms with van der Waals surface area (Å²) < 4.78 is 4.88. The molecule has 0 aliphatic carbocycles. The first kappa shape index (κ1) is 20.9. The molecular formula is C20H29NO4. The number of carbonyl (C=O) groups excluding carboxylic acids is 2. The van der Waals surface area contributed by atoms with Gasteiger partial charge in [-0.3, -0.25) is 9.59 Å². The van der Waals surface area contributed by atoms with Crippen LogP contribution < -0.4 is 0 Å². The van der Waals surface area contributed by atoms with E-state index in [-0.39, 0.29) is 31.4 Å². The number of aliphatic hydroxyl groups excluding tert-OH is 1. The van der Waals surface area contributed by atoms with E-state index >= 15 is 0 Å². The van der Waals surface area contributed by atoms with Gasteiger partial charge < -0.3 is 14.7 Å². The highest BCUT2D eigenvalue weighted by molar-refractivity contribution is 5.92. The van der Waals surface area contributed by atoms with Gasteiger partial charge in [0.05, 0.1) is 19.1 Å². The van der Waals surface area contributed by atoms with E-state index in [2.05, 4.69) is 13.8 Å². The summed E-state index contributed by atoms with van der Waals surface area (Å²) in [5, 5.41) is 9.57. The van der Waals surface area contributed by atoms with Crippen molar-refractivity contribution in [2.24, 2.45) is 0 Å². The molecule has 1 unspecified atom stereocenters. The molecule has 1 N–H and O–H groups in total. The highest BCUT2D eigenvalue weighted by atomic mass is 16.5. The molecule has 0 radical (unpaired) electrons. The van der Waals surface area contributed by atoms with Gasteiger partial charge in [0.25, 0.3) is 0 Å². The first-order chi connectivity index (χ1) is 11.8. The number of hydrogen-bond acceptors (Lipinski definition) is 4. The number of ether oxygens (including phenoxy) is 1. The molecule has 1 rings (SSSR count). The van der Waals surface area contributed by atoms with Crippen molar-refractivity contribution in [3.8, 4) is 0 Å². The normalized spacial score (nSPS) is 12.4. The first-order valence-electron chi connectivity index (χ1n) is 8.74. The fourth-order valence-corrected chi connectivity index (χ4v) is 2.33. The highest BCUT2D eigenvalue weighted by Gasteiger charge is 2.15. The molecule has 1 atom stereocenters. The maximum atomic E-state index is 12.4. The van der Waals surface area contributed by atoms with Gasteiger partial charge in [-0.15, -0.1) is 0 Å². The summed E-state index contributed by atoms with van der Waals surface area (Å²) in [7, 11) is 0. The second-order valence-electron chi connectivity index (χ2n) is 6.34. The lowest BCUT2D eigenvalue weighted by Gasteiger charge is -2.22. The van der Waals surface area contributed by atoms with Crippen LogP contribution in [0, 0.1) is 0 Å². The molecule has 138 valence electrons. The Balaban J connectivity index is 2.70. The quantitative estimate of drug-likeness (QED) is 0.551. The summed E-state index contributed by atoms with van der Waals surface area (Å²) >= 11 is 0. The number of carbonyl (C=O) groups is 2. The fraction of sp³-hybridized carbons (Fsp3) is 0.500. The molecular weight excluding hydrogens is 318 g/mol. The molecule has 0 fully saturated rings. The summed E-state index contributed by atoms with van der Waals surface area (Å²) in [6.45, 7) is 8.32. The minimum Gasteiger partial charge on any atom is -0.466 e. The van der Waals surface area contributed by atoms with Crippen molar-refractivity contribution in [2.75, 3.05) is 19.7 Å². The van der Waals surface area contributed by atoms with Crippen molar-refractivity contribution in [1.29, 1.82) is 0 Å². The van der Waals surface area contributed by atoms with Gasteiger partial charge >= 0.3 is 5.97 Å². The molecule has 1 aromatic rings. The smallest absolute Gasteiger partial charge is 0.307 e. The average molecular weight is 347 g/mol. The monoisotopic (exact) mass is 347 g/mol. The van der Waals surface area contributed by atoms with Gasteiger partial charge in [0, 0.05) is 19.2 Å². The minimum absolute atomic E-state index is 0.114. The molecule has 5 nitrogen and oxygen atoms in total. The number of hydrogen-bond donors (Lipinski definition) is 1. The molecule has 25 heavy (non-hydrogen) atoms. The molecule has 0 saturated heterocycles. The van der Waals surface area contributed by atoms with Gasteiger partial charge in [-0.05, 0) is 37.0 Å². The number of rotatable bonds is 9. The predicted molar refractivity (Wildman–Crippen MR) is 99.1 cm³/mol. The average Bonchev–Trinajstić information content (AvgIpc) is 2.56. The van der Waals surface area contributed by atoms with Crippen LogP contribution in [-0.2, 0) is 14.3 Å². The van der Waals surface area contributed by atoms with E-state index in [9.17, 15) is 14.7 Å². The van der Waals surface area contributed by atoms with Crippen LogP contribution in [0.2, 0.25) is 0 Å². The lowest BCUT2D eigenvalue weighted by Crippen LogP contribution is -2.37. The molecule has 0 aliphatic heterocycles. The molecule has 0 aromatic heterocycles. The first-order valence-corrected chi connectivity index (χ1v) is 8.74. The summed E-state index contributed by atoms with van der Waals surface area (Å²) in [6, 6.07) is 8.03. The Morgan fingerprint density at radius 1 is 1.20 bits per heavy atom. The van der Waals surface area contributed by atoms with Crippen LogP contribution in [0.25, 0.3) is 6.08 Å². The molecule has 0 saturated carbocycles. The predicted octanol–water partition coefficient (Wildman–Crippen LogP) is 2.99. The van der Waals surface area contributed by atoms with Crippen LogP contribution in [0.3, 0.4) is 0 Å². The van der Waals surface area contributed by atoms with E-state index in [1.54, 1.807) is 19.9 Å². The van der Waals surface area contributed by atoms with Crippen LogP contribution in [0.1, 0.15) is 51.2 Å². The van der Waals surface area contributed by atoms with E-state index in [4.69, 9.17) is 4.74 Å². The number of esters is 1. The zero-order chi connectivity index (χ0) is 18.8. The standard InChI is InChI=1S/C20H29NO4/c1-5-25-20(24)12-13-21(14-16(4)22)19(23)11-8-17-6-9-18(10-7-17)15(2)3/h6-11,15-16,22H,5,12-14H2,1-4H3/b11-8+. The molecule has 1 aromatic carbocycles. The Morgan fingerprint density at radius 3 is 2.36 bits per heavy atom. The number of nitrogens with zero attached hydrogens (tertiary/aromatic N) is 1. The van der Waals surface area contributed by atoms with Crippen LogP contribution >= 0.6 is 0 Å². The second kappa shape index (κ2) is 10.7. The van der Waals surface area contributed by atoms with Gasteiger partial charge in [0.1, 0.15) is 0 Å². The Hall–Kier alpha value is -2.14. The van der Waals surface area contributed by atoms with Gasteiger partial charge in [-0.2, -0.15) is 0 Å². The van der Waals surface area contributed by atoms with Crippen LogP contribution in [-0.4, -0.2) is 47.7 Å². The van der Waals surface area contributed by atoms with Crippen molar-refractivity contribution in [3.63, 3.8) is 0 Å². The van der Waals surface area contributed by atoms with Gasteiger partial charge in [-0.1, -0.05) is 38.1 Å². The molecule has 0 aliphatic rings. The highest BCUT2D eigenvalue weighted by Crippen LogP contribution is 2.15. The molecule has 0 spiro atoms. The topological polar surface area (TPSA) is 66.8 Å². The van der Waals surface area contributed by atoms with Gasteiger partial charge in [-0.25, -0.2) is 0 Å². The lowest BCUT2D eigenvalue weighted by atomic mass is 10.0. The summed E-state index contributed by atoms with van der Waals surface area (Å²) in [4.78, 5) is 25.3. The number of benzene rings is 1. The van der Waals surface area contributed by atoms with Crippen molar-refractivity contribution in [3.05, 3.63) is 41.5 Å². The summed E-state index contributed by atoms with van der Waals surface area (Å²) in [5.74, 6) is -0.124. The Labute approximate surface area is 150 Å². The fourth-order valence-electron chi connectivity index (χ4n) is 2.33. The Bertz CT molecular complexity index is 576. The molecule has 0 heterocycles. The van der Waals surface area contributed by atoms with E-state index in [0.717, 1.165) is 5.56 Å². The summed E-state index contributed by atoms with van der Waals surface area (Å²) in [5.41, 5.74) is 2.17. The van der Waals surface area contributed by atoms with Crippen LogP contribution in [0.15, 0.2) is 30.3 Å². The SMILES string of the molecule is CCOC(=O)CCN(CC(C)O)C(=O)/C=C/c1ccc(C(C)C)cc1. The van der Waals surface area contributed by atoms with Crippen molar-refractivity contribution in [1.82, 2.24) is 4.90 Å². The second-order valence-corrected chi connectivity index (χ2v) is 6.34. The zero-order valence-electron chi connectivity index (χ0n) is 15.6. The van der Waals surface area contributed by atoms with E-state index in [0.29, 0.717) is 12.5 Å². The van der Waals surface area contributed by atoms with E-state index in [1.165, 1.54) is 16.5 Å². The minimum atomic E-state index is -0.662. The van der Waals surface area contributed by atoms with E-state index in [1.807, 2.05) is 24.3 Å². The number of aliphatic hydroxyl groups is 1. The van der Waals surface area contributed by atoms with Gasteiger partial charge in [0.15, 0.2) is 0 Å². The van der Waals surface area contributed by atoms with Crippen molar-refractivity contribution >= 4 is 18.0 Å². The van der Waals surface area contributed by atoms with Crippen molar-refractivity contribution in [2.45, 2.75) is 46.1 Å². The van der Waals surface area contributed by atoms with Crippen LogP contribution in [0.4, 0.5) is 0 Å². The van der Waals surface area contributed by atoms with Crippen LogP contribution in [0.5, 0.6) is 0 Å². The Morgan fingerprint density at radius 2 is 1.84 bits per heavy atom. The maximum absolute atomic E-state index is 12.4. The summed E-state index contributed by atoms with van der Waals surface area (Å²) in [6.07, 6.45) is 2.66. The molecule has 5 heteroatoms.